The van der Waals surface area contributed by atoms with Crippen molar-refractivity contribution in [3.63, 3.8) is 0 Å². The molecule has 1 aliphatic rings. The van der Waals surface area contributed by atoms with Gasteiger partial charge in [0.25, 0.3) is 0 Å². The van der Waals surface area contributed by atoms with Crippen LogP contribution in [0.15, 0.2) is 18.2 Å². The number of carbonyl (C=O) groups excluding carboxylic acids is 1. The van der Waals surface area contributed by atoms with E-state index < -0.39 is 0 Å². The van der Waals surface area contributed by atoms with Crippen LogP contribution in [0.25, 0.3) is 0 Å². The van der Waals surface area contributed by atoms with Gasteiger partial charge in [0.2, 0.25) is 5.91 Å². The molecule has 13 heavy (non-hydrogen) atoms. The first-order valence-corrected chi connectivity index (χ1v) is 4.25. The van der Waals surface area contributed by atoms with Crippen molar-refractivity contribution < 1.29 is 9.90 Å². The molecule has 1 radical (unpaired) electrons. The number of amides is 1. The minimum absolute atomic E-state index is 0.0414. The fraction of sp³-hybridized carbons (Fsp3) is 0.300. The monoisotopic (exact) mass is 176 g/mol. The van der Waals surface area contributed by atoms with Crippen molar-refractivity contribution in [2.24, 2.45) is 0 Å². The third-order valence-corrected chi connectivity index (χ3v) is 2.40. The molecule has 2 rings (SSSR count). The maximum absolute atomic E-state index is 11.3. The highest BCUT2D eigenvalue weighted by molar-refractivity contribution is 5.96. The number of fused-ring (bicyclic) bond motifs is 1. The Bertz CT molecular complexity index is 360. The quantitative estimate of drug-likeness (QED) is 0.593. The SMILES string of the molecule is CN1C(=O)CCc2ccc([O])cc21. The molecule has 0 aliphatic carbocycles. The van der Waals surface area contributed by atoms with E-state index in [1.807, 2.05) is 0 Å². The predicted molar refractivity (Wildman–Crippen MR) is 48.3 cm³/mol. The number of nitrogens with zero attached hydrogens (tertiary/aromatic N) is 1. The van der Waals surface area contributed by atoms with Gasteiger partial charge in [-0.15, -0.1) is 0 Å². The zero-order valence-corrected chi connectivity index (χ0v) is 7.41. The molecule has 1 aliphatic heterocycles. The van der Waals surface area contributed by atoms with E-state index in [4.69, 9.17) is 0 Å². The molecule has 0 aromatic heterocycles. The molecule has 0 unspecified atom stereocenters. The second-order valence-corrected chi connectivity index (χ2v) is 3.24. The molecule has 0 spiro atoms. The van der Waals surface area contributed by atoms with Gasteiger partial charge < -0.3 is 4.90 Å². The minimum atomic E-state index is -0.0414. The second kappa shape index (κ2) is 2.76. The fourth-order valence-corrected chi connectivity index (χ4v) is 1.61. The molecule has 1 aromatic carbocycles. The molecule has 0 saturated heterocycles. The number of benzene rings is 1. The summed E-state index contributed by atoms with van der Waals surface area (Å²) in [7, 11) is 1.71. The van der Waals surface area contributed by atoms with Gasteiger partial charge in [-0.2, -0.15) is 0 Å². The summed E-state index contributed by atoms with van der Waals surface area (Å²) >= 11 is 0. The Morgan fingerprint density at radius 3 is 2.85 bits per heavy atom. The summed E-state index contributed by atoms with van der Waals surface area (Å²) in [6, 6.07) is 4.87. The predicted octanol–water partition coefficient (Wildman–Crippen LogP) is 1.74. The van der Waals surface area contributed by atoms with Gasteiger partial charge in [-0.05, 0) is 18.1 Å². The lowest BCUT2D eigenvalue weighted by atomic mass is 10.0. The van der Waals surface area contributed by atoms with Crippen LogP contribution in [0.3, 0.4) is 0 Å². The molecule has 0 saturated carbocycles. The summed E-state index contributed by atoms with van der Waals surface area (Å²) in [4.78, 5) is 12.8. The van der Waals surface area contributed by atoms with E-state index in [0.717, 1.165) is 17.7 Å². The van der Waals surface area contributed by atoms with Crippen LogP contribution in [0.1, 0.15) is 12.0 Å². The van der Waals surface area contributed by atoms with Gasteiger partial charge in [-0.1, -0.05) is 6.07 Å². The molecule has 0 fully saturated rings. The van der Waals surface area contributed by atoms with Gasteiger partial charge in [0.15, 0.2) is 5.75 Å². The molecule has 3 nitrogen and oxygen atoms in total. The van der Waals surface area contributed by atoms with E-state index in [0.29, 0.717) is 6.42 Å². The second-order valence-electron chi connectivity index (χ2n) is 3.24. The molecule has 0 atom stereocenters. The van der Waals surface area contributed by atoms with Crippen LogP contribution in [0.4, 0.5) is 5.69 Å². The van der Waals surface area contributed by atoms with Crippen molar-refractivity contribution >= 4 is 11.6 Å². The standard InChI is InChI=1S/C10H10NO2/c1-11-9-6-8(12)4-2-7(9)3-5-10(11)13/h2,4,6H,3,5H2,1H3. The molecule has 1 amide bonds. The van der Waals surface area contributed by atoms with Crippen LogP contribution in [0.2, 0.25) is 0 Å². The maximum atomic E-state index is 11.3. The fourth-order valence-electron chi connectivity index (χ4n) is 1.61. The first-order chi connectivity index (χ1) is 6.18. The Morgan fingerprint density at radius 1 is 1.31 bits per heavy atom. The summed E-state index contributed by atoms with van der Waals surface area (Å²) in [6.07, 6.45) is 1.29. The zero-order valence-electron chi connectivity index (χ0n) is 7.41. The van der Waals surface area contributed by atoms with Crippen molar-refractivity contribution in [1.29, 1.82) is 0 Å². The van der Waals surface area contributed by atoms with E-state index in [9.17, 15) is 9.90 Å². The highest BCUT2D eigenvalue weighted by Crippen LogP contribution is 2.29. The molecule has 1 heterocycles. The van der Waals surface area contributed by atoms with Gasteiger partial charge in [0, 0.05) is 19.5 Å². The Labute approximate surface area is 76.6 Å². The average molecular weight is 176 g/mol. The first kappa shape index (κ1) is 8.10. The van der Waals surface area contributed by atoms with E-state index in [2.05, 4.69) is 0 Å². The zero-order chi connectivity index (χ0) is 9.42. The van der Waals surface area contributed by atoms with Crippen molar-refractivity contribution in [3.8, 4) is 5.75 Å². The van der Waals surface area contributed by atoms with Crippen LogP contribution in [-0.2, 0) is 16.3 Å². The highest BCUT2D eigenvalue weighted by Gasteiger charge is 2.20. The lowest BCUT2D eigenvalue weighted by molar-refractivity contribution is -0.118. The van der Waals surface area contributed by atoms with Gasteiger partial charge in [-0.25, -0.2) is 0 Å². The third-order valence-electron chi connectivity index (χ3n) is 2.40. The van der Waals surface area contributed by atoms with Gasteiger partial charge in [0.1, 0.15) is 0 Å². The summed E-state index contributed by atoms with van der Waals surface area (Å²) in [5.41, 5.74) is 1.85. The largest absolute Gasteiger partial charge is 0.315 e. The number of rotatable bonds is 0. The first-order valence-electron chi connectivity index (χ1n) is 4.25. The number of hydrogen-bond acceptors (Lipinski definition) is 1. The lowest BCUT2D eigenvalue weighted by Gasteiger charge is -2.25. The third kappa shape index (κ3) is 1.26. The molecule has 0 bridgehead atoms. The summed E-state index contributed by atoms with van der Waals surface area (Å²) in [6.45, 7) is 0. The molecular weight excluding hydrogens is 166 g/mol. The minimum Gasteiger partial charge on any atom is -0.315 e. The number of hydrogen-bond donors (Lipinski definition) is 0. The highest BCUT2D eigenvalue weighted by atomic mass is 16.3. The van der Waals surface area contributed by atoms with Crippen LogP contribution >= 0.6 is 0 Å². The lowest BCUT2D eigenvalue weighted by Crippen LogP contribution is -2.30. The van der Waals surface area contributed by atoms with Crippen molar-refractivity contribution in [3.05, 3.63) is 23.8 Å². The van der Waals surface area contributed by atoms with Crippen molar-refractivity contribution in [2.45, 2.75) is 12.8 Å². The molecule has 0 N–H and O–H groups in total. The Morgan fingerprint density at radius 2 is 2.08 bits per heavy atom. The van der Waals surface area contributed by atoms with Crippen molar-refractivity contribution in [1.82, 2.24) is 0 Å². The van der Waals surface area contributed by atoms with Gasteiger partial charge in [0.05, 0.1) is 5.69 Å². The van der Waals surface area contributed by atoms with E-state index in [-0.39, 0.29) is 11.7 Å². The van der Waals surface area contributed by atoms with E-state index in [1.165, 1.54) is 6.07 Å². The number of carbonyl (C=O) groups is 1. The summed E-state index contributed by atoms with van der Waals surface area (Å²) < 4.78 is 0. The Kier molecular flexibility index (Phi) is 1.72. The van der Waals surface area contributed by atoms with Crippen LogP contribution in [0.5, 0.6) is 5.75 Å². The van der Waals surface area contributed by atoms with E-state index in [1.54, 1.807) is 24.1 Å². The number of anilines is 1. The van der Waals surface area contributed by atoms with E-state index >= 15 is 0 Å². The molecule has 1 aromatic rings. The summed E-state index contributed by atoms with van der Waals surface area (Å²) in [5, 5.41) is 11.1. The van der Waals surface area contributed by atoms with Crippen LogP contribution < -0.4 is 4.90 Å². The Balaban J connectivity index is 2.51. The smallest absolute Gasteiger partial charge is 0.227 e. The van der Waals surface area contributed by atoms with Gasteiger partial charge in [-0.3, -0.25) is 9.90 Å². The Hall–Kier alpha value is -1.51. The van der Waals surface area contributed by atoms with Crippen molar-refractivity contribution in [2.75, 3.05) is 11.9 Å². The maximum Gasteiger partial charge on any atom is 0.227 e. The molecule has 3 heteroatoms. The summed E-state index contributed by atoms with van der Waals surface area (Å²) in [5.74, 6) is 0.0402. The topological polar surface area (TPSA) is 40.2 Å². The normalized spacial score (nSPS) is 15.8. The molecule has 67 valence electrons. The van der Waals surface area contributed by atoms with Crippen LogP contribution in [-0.4, -0.2) is 13.0 Å². The number of aryl methyl sites for hydroxylation is 1. The average Bonchev–Trinajstić information content (AvgIpc) is 2.12. The van der Waals surface area contributed by atoms with Crippen LogP contribution in [0, 0.1) is 0 Å². The van der Waals surface area contributed by atoms with Gasteiger partial charge >= 0.3 is 0 Å². The molecular formula is C10H10NO2.